The highest BCUT2D eigenvalue weighted by atomic mass is 19.1. The zero-order chi connectivity index (χ0) is 14.0. The van der Waals surface area contributed by atoms with Crippen molar-refractivity contribution in [2.75, 3.05) is 0 Å². The zero-order valence-electron chi connectivity index (χ0n) is 9.94. The molecule has 0 bridgehead atoms. The molecule has 0 aliphatic carbocycles. The Kier molecular flexibility index (Phi) is 3.50. The standard InChI is InChI=1S/C13H10F2O4/c1-7-8(2-12(19-7)13(16)17)6-18-11-4-9(14)3-10(15)5-11/h2-5H,6H2,1H3,(H,16,17). The molecule has 19 heavy (non-hydrogen) atoms. The fourth-order valence-electron chi connectivity index (χ4n) is 1.54. The van der Waals surface area contributed by atoms with Crippen molar-refractivity contribution in [2.45, 2.75) is 13.5 Å². The van der Waals surface area contributed by atoms with Gasteiger partial charge in [-0.25, -0.2) is 13.6 Å². The predicted octanol–water partition coefficient (Wildman–Crippen LogP) is 3.14. The maximum atomic E-state index is 12.9. The molecule has 4 nitrogen and oxygen atoms in total. The van der Waals surface area contributed by atoms with Crippen LogP contribution in [0.3, 0.4) is 0 Å². The Morgan fingerprint density at radius 1 is 1.26 bits per heavy atom. The van der Waals surface area contributed by atoms with Crippen LogP contribution < -0.4 is 4.74 Å². The number of halogens is 2. The van der Waals surface area contributed by atoms with E-state index in [4.69, 9.17) is 14.3 Å². The minimum absolute atomic E-state index is 0.0231. The SMILES string of the molecule is Cc1oc(C(=O)O)cc1COc1cc(F)cc(F)c1. The second-order valence-electron chi connectivity index (χ2n) is 3.89. The maximum Gasteiger partial charge on any atom is 0.371 e. The van der Waals surface area contributed by atoms with Gasteiger partial charge >= 0.3 is 5.97 Å². The highest BCUT2D eigenvalue weighted by molar-refractivity contribution is 5.84. The Balaban J connectivity index is 2.12. The van der Waals surface area contributed by atoms with Gasteiger partial charge in [-0.1, -0.05) is 0 Å². The number of furan rings is 1. The van der Waals surface area contributed by atoms with Crippen molar-refractivity contribution in [1.82, 2.24) is 0 Å². The summed E-state index contributed by atoms with van der Waals surface area (Å²) in [6.45, 7) is 1.54. The fraction of sp³-hybridized carbons (Fsp3) is 0.154. The molecule has 0 unspecified atom stereocenters. The van der Waals surface area contributed by atoms with Crippen molar-refractivity contribution < 1.29 is 27.8 Å². The Morgan fingerprint density at radius 2 is 1.89 bits per heavy atom. The Bertz CT molecular complexity index is 599. The summed E-state index contributed by atoms with van der Waals surface area (Å²) in [5.41, 5.74) is 0.502. The summed E-state index contributed by atoms with van der Waals surface area (Å²) in [5.74, 6) is -2.48. The molecule has 6 heteroatoms. The molecule has 1 heterocycles. The number of carboxylic acids is 1. The van der Waals surface area contributed by atoms with Crippen LogP contribution in [0.5, 0.6) is 5.75 Å². The third-order valence-electron chi connectivity index (χ3n) is 2.46. The van der Waals surface area contributed by atoms with E-state index in [1.807, 2.05) is 0 Å². The number of aromatic carboxylic acids is 1. The van der Waals surface area contributed by atoms with Crippen molar-refractivity contribution in [3.05, 3.63) is 53.0 Å². The van der Waals surface area contributed by atoms with E-state index in [0.717, 1.165) is 18.2 Å². The molecule has 0 saturated heterocycles. The number of aryl methyl sites for hydroxylation is 1. The molecule has 0 saturated carbocycles. The van der Waals surface area contributed by atoms with Gasteiger partial charge in [0.2, 0.25) is 5.76 Å². The molecule has 0 atom stereocenters. The van der Waals surface area contributed by atoms with Gasteiger partial charge in [0.25, 0.3) is 0 Å². The van der Waals surface area contributed by atoms with E-state index in [1.54, 1.807) is 6.92 Å². The molecular formula is C13H10F2O4. The molecule has 100 valence electrons. The van der Waals surface area contributed by atoms with Gasteiger partial charge in [-0.2, -0.15) is 0 Å². The first-order chi connectivity index (χ1) is 8.95. The molecule has 0 radical (unpaired) electrons. The van der Waals surface area contributed by atoms with Gasteiger partial charge in [-0.15, -0.1) is 0 Å². The van der Waals surface area contributed by atoms with Gasteiger partial charge in [-0.05, 0) is 13.0 Å². The lowest BCUT2D eigenvalue weighted by Crippen LogP contribution is -1.97. The smallest absolute Gasteiger partial charge is 0.371 e. The second kappa shape index (κ2) is 5.09. The summed E-state index contributed by atoms with van der Waals surface area (Å²) >= 11 is 0. The summed E-state index contributed by atoms with van der Waals surface area (Å²) in [6, 6.07) is 4.12. The van der Waals surface area contributed by atoms with E-state index in [9.17, 15) is 13.6 Å². The van der Waals surface area contributed by atoms with Crippen LogP contribution in [-0.4, -0.2) is 11.1 Å². The monoisotopic (exact) mass is 268 g/mol. The molecule has 0 fully saturated rings. The summed E-state index contributed by atoms with van der Waals surface area (Å²) in [6.07, 6.45) is 0. The van der Waals surface area contributed by atoms with E-state index < -0.39 is 17.6 Å². The van der Waals surface area contributed by atoms with Crippen LogP contribution in [-0.2, 0) is 6.61 Å². The normalized spacial score (nSPS) is 10.5. The van der Waals surface area contributed by atoms with E-state index in [1.165, 1.54) is 6.07 Å². The number of carbonyl (C=O) groups is 1. The van der Waals surface area contributed by atoms with Crippen molar-refractivity contribution in [2.24, 2.45) is 0 Å². The largest absolute Gasteiger partial charge is 0.489 e. The molecule has 1 aromatic heterocycles. The van der Waals surface area contributed by atoms with Crippen LogP contribution >= 0.6 is 0 Å². The third kappa shape index (κ3) is 3.09. The van der Waals surface area contributed by atoms with Gasteiger partial charge in [0.05, 0.1) is 0 Å². The second-order valence-corrected chi connectivity index (χ2v) is 3.89. The van der Waals surface area contributed by atoms with Crippen LogP contribution in [0.4, 0.5) is 8.78 Å². The molecule has 0 aliphatic heterocycles. The Morgan fingerprint density at radius 3 is 2.42 bits per heavy atom. The molecule has 2 aromatic rings. The van der Waals surface area contributed by atoms with E-state index >= 15 is 0 Å². The number of hydrogen-bond acceptors (Lipinski definition) is 3. The van der Waals surface area contributed by atoms with E-state index in [0.29, 0.717) is 11.3 Å². The molecule has 0 aliphatic rings. The first kappa shape index (κ1) is 13.1. The molecule has 0 spiro atoms. The van der Waals surface area contributed by atoms with Gasteiger partial charge in [0, 0.05) is 23.8 Å². The quantitative estimate of drug-likeness (QED) is 0.925. The summed E-state index contributed by atoms with van der Waals surface area (Å²) < 4.78 is 36.0. The predicted molar refractivity (Wildman–Crippen MR) is 61.1 cm³/mol. The number of hydrogen-bond donors (Lipinski definition) is 1. The van der Waals surface area contributed by atoms with Crippen LogP contribution in [0.25, 0.3) is 0 Å². The summed E-state index contributed by atoms with van der Waals surface area (Å²) in [5, 5.41) is 8.75. The Labute approximate surface area is 107 Å². The molecule has 2 rings (SSSR count). The third-order valence-corrected chi connectivity index (χ3v) is 2.46. The van der Waals surface area contributed by atoms with Gasteiger partial charge < -0.3 is 14.3 Å². The van der Waals surface area contributed by atoms with Crippen LogP contribution in [0.2, 0.25) is 0 Å². The van der Waals surface area contributed by atoms with Crippen molar-refractivity contribution in [1.29, 1.82) is 0 Å². The molecule has 1 N–H and O–H groups in total. The average Bonchev–Trinajstić information content (AvgIpc) is 2.67. The van der Waals surface area contributed by atoms with E-state index in [-0.39, 0.29) is 18.1 Å². The lowest BCUT2D eigenvalue weighted by atomic mass is 10.2. The van der Waals surface area contributed by atoms with Crippen LogP contribution in [0, 0.1) is 18.6 Å². The summed E-state index contributed by atoms with van der Waals surface area (Å²) in [4.78, 5) is 10.7. The van der Waals surface area contributed by atoms with Gasteiger partial charge in [0.15, 0.2) is 0 Å². The van der Waals surface area contributed by atoms with Gasteiger partial charge in [-0.3, -0.25) is 0 Å². The lowest BCUT2D eigenvalue weighted by molar-refractivity contribution is 0.0661. The number of benzene rings is 1. The maximum absolute atomic E-state index is 12.9. The highest BCUT2D eigenvalue weighted by Gasteiger charge is 2.13. The van der Waals surface area contributed by atoms with Gasteiger partial charge in [0.1, 0.15) is 29.8 Å². The minimum atomic E-state index is -1.19. The van der Waals surface area contributed by atoms with Crippen molar-refractivity contribution in [3.63, 3.8) is 0 Å². The molecule has 1 aromatic carbocycles. The minimum Gasteiger partial charge on any atom is -0.489 e. The first-order valence-electron chi connectivity index (χ1n) is 5.37. The number of ether oxygens (including phenoxy) is 1. The van der Waals surface area contributed by atoms with Crippen LogP contribution in [0.1, 0.15) is 21.9 Å². The topological polar surface area (TPSA) is 59.7 Å². The molecular weight excluding hydrogens is 258 g/mol. The fourth-order valence-corrected chi connectivity index (χ4v) is 1.54. The highest BCUT2D eigenvalue weighted by Crippen LogP contribution is 2.20. The van der Waals surface area contributed by atoms with Crippen LogP contribution in [0.15, 0.2) is 28.7 Å². The van der Waals surface area contributed by atoms with E-state index in [2.05, 4.69) is 0 Å². The number of carboxylic acid groups (broad SMARTS) is 1. The van der Waals surface area contributed by atoms with Crippen molar-refractivity contribution in [3.8, 4) is 5.75 Å². The number of rotatable bonds is 4. The zero-order valence-corrected chi connectivity index (χ0v) is 9.94. The summed E-state index contributed by atoms with van der Waals surface area (Å²) in [7, 11) is 0. The average molecular weight is 268 g/mol. The van der Waals surface area contributed by atoms with Crippen molar-refractivity contribution >= 4 is 5.97 Å². The first-order valence-corrected chi connectivity index (χ1v) is 5.37. The lowest BCUT2D eigenvalue weighted by Gasteiger charge is -2.05. The Hall–Kier alpha value is -2.37. The molecule has 0 amide bonds.